The van der Waals surface area contributed by atoms with Gasteiger partial charge in [0.15, 0.2) is 0 Å². The summed E-state index contributed by atoms with van der Waals surface area (Å²) >= 11 is 0. The number of hydrogen-bond acceptors (Lipinski definition) is 4. The van der Waals surface area contributed by atoms with Gasteiger partial charge in [-0.1, -0.05) is 6.07 Å². The topological polar surface area (TPSA) is 67.4 Å². The Balaban J connectivity index is 2.19. The van der Waals surface area contributed by atoms with Gasteiger partial charge in [-0.15, -0.1) is 0 Å². The van der Waals surface area contributed by atoms with Gasteiger partial charge in [0.05, 0.1) is 18.1 Å². The van der Waals surface area contributed by atoms with Crippen LogP contribution in [0.2, 0.25) is 0 Å². The number of hydrogen-bond donors (Lipinski definition) is 2. The van der Waals surface area contributed by atoms with Crippen LogP contribution in [0.4, 0.5) is 5.69 Å². The van der Waals surface area contributed by atoms with E-state index in [0.29, 0.717) is 17.8 Å². The van der Waals surface area contributed by atoms with E-state index in [1.807, 2.05) is 13.8 Å². The second-order valence-electron chi connectivity index (χ2n) is 5.76. The smallest absolute Gasteiger partial charge is 0.338 e. The maximum atomic E-state index is 12.5. The lowest BCUT2D eigenvalue weighted by Crippen LogP contribution is -2.46. The van der Waals surface area contributed by atoms with E-state index in [0.717, 1.165) is 24.9 Å². The Labute approximate surface area is 125 Å². The molecule has 1 saturated heterocycles. The summed E-state index contributed by atoms with van der Waals surface area (Å²) < 4.78 is 4.75. The SMILES string of the molecule is COC(=O)c1cccc(NC(=O)C2(C)CCCNC2)c1C. The largest absolute Gasteiger partial charge is 0.465 e. The number of benzene rings is 1. The Hall–Kier alpha value is -1.88. The first-order chi connectivity index (χ1) is 9.98. The Kier molecular flexibility index (Phi) is 4.63. The fourth-order valence-electron chi connectivity index (χ4n) is 2.63. The lowest BCUT2D eigenvalue weighted by atomic mass is 9.82. The molecular weight excluding hydrogens is 268 g/mol. The summed E-state index contributed by atoms with van der Waals surface area (Å²) in [5, 5.41) is 6.21. The molecule has 1 aromatic carbocycles. The van der Waals surface area contributed by atoms with Crippen LogP contribution in [-0.2, 0) is 9.53 Å². The molecule has 0 aliphatic carbocycles. The highest BCUT2D eigenvalue weighted by Crippen LogP contribution is 2.28. The normalized spacial score (nSPS) is 21.7. The number of amides is 1. The molecule has 1 aliphatic heterocycles. The van der Waals surface area contributed by atoms with E-state index in [4.69, 9.17) is 4.74 Å². The summed E-state index contributed by atoms with van der Waals surface area (Å²) in [7, 11) is 1.35. The highest BCUT2D eigenvalue weighted by molar-refractivity contribution is 5.99. The monoisotopic (exact) mass is 290 g/mol. The van der Waals surface area contributed by atoms with E-state index in [2.05, 4.69) is 10.6 Å². The summed E-state index contributed by atoms with van der Waals surface area (Å²) in [6, 6.07) is 5.25. The van der Waals surface area contributed by atoms with Crippen LogP contribution in [0, 0.1) is 12.3 Å². The molecule has 5 nitrogen and oxygen atoms in total. The molecule has 0 saturated carbocycles. The average molecular weight is 290 g/mol. The molecule has 1 atom stereocenters. The van der Waals surface area contributed by atoms with E-state index in [9.17, 15) is 9.59 Å². The predicted molar refractivity (Wildman–Crippen MR) is 81.4 cm³/mol. The number of methoxy groups -OCH3 is 1. The van der Waals surface area contributed by atoms with E-state index < -0.39 is 11.4 Å². The first-order valence-corrected chi connectivity index (χ1v) is 7.18. The number of anilines is 1. The van der Waals surface area contributed by atoms with Gasteiger partial charge in [0.25, 0.3) is 0 Å². The molecule has 0 spiro atoms. The van der Waals surface area contributed by atoms with Crippen LogP contribution in [0.3, 0.4) is 0 Å². The second-order valence-corrected chi connectivity index (χ2v) is 5.76. The summed E-state index contributed by atoms with van der Waals surface area (Å²) in [6.07, 6.45) is 1.85. The Morgan fingerprint density at radius 3 is 2.76 bits per heavy atom. The standard InChI is InChI=1S/C16H22N2O3/c1-11-12(14(19)21-3)6-4-7-13(11)18-15(20)16(2)8-5-9-17-10-16/h4,6-7,17H,5,8-10H2,1-3H3,(H,18,20). The molecule has 2 rings (SSSR count). The number of nitrogens with one attached hydrogen (secondary N) is 2. The molecule has 5 heteroatoms. The zero-order chi connectivity index (χ0) is 15.5. The number of rotatable bonds is 3. The van der Waals surface area contributed by atoms with E-state index in [-0.39, 0.29) is 5.91 Å². The maximum Gasteiger partial charge on any atom is 0.338 e. The number of ether oxygens (including phenoxy) is 1. The molecule has 1 fully saturated rings. The van der Waals surface area contributed by atoms with Crippen LogP contribution in [0.25, 0.3) is 0 Å². The molecule has 2 N–H and O–H groups in total. The van der Waals surface area contributed by atoms with Gasteiger partial charge in [-0.25, -0.2) is 4.79 Å². The van der Waals surface area contributed by atoms with Crippen LogP contribution in [0.5, 0.6) is 0 Å². The minimum absolute atomic E-state index is 0.0141. The molecular formula is C16H22N2O3. The highest BCUT2D eigenvalue weighted by atomic mass is 16.5. The van der Waals surface area contributed by atoms with Crippen molar-refractivity contribution in [3.63, 3.8) is 0 Å². The summed E-state index contributed by atoms with van der Waals surface area (Å²) in [5.74, 6) is -0.408. The van der Waals surface area contributed by atoms with Crippen LogP contribution >= 0.6 is 0 Å². The van der Waals surface area contributed by atoms with Gasteiger partial charge in [0.1, 0.15) is 0 Å². The summed E-state index contributed by atoms with van der Waals surface area (Å²) in [6.45, 7) is 5.41. The average Bonchev–Trinajstić information content (AvgIpc) is 2.49. The fraction of sp³-hybridized carbons (Fsp3) is 0.500. The van der Waals surface area contributed by atoms with Crippen molar-refractivity contribution in [3.05, 3.63) is 29.3 Å². The van der Waals surface area contributed by atoms with Crippen LogP contribution in [0.15, 0.2) is 18.2 Å². The lowest BCUT2D eigenvalue weighted by molar-refractivity contribution is -0.125. The molecule has 21 heavy (non-hydrogen) atoms. The molecule has 1 amide bonds. The maximum absolute atomic E-state index is 12.5. The molecule has 114 valence electrons. The highest BCUT2D eigenvalue weighted by Gasteiger charge is 2.34. The zero-order valence-corrected chi connectivity index (χ0v) is 12.8. The van der Waals surface area contributed by atoms with Crippen LogP contribution < -0.4 is 10.6 Å². The molecule has 0 radical (unpaired) electrons. The predicted octanol–water partition coefficient (Wildman–Crippen LogP) is 2.11. The van der Waals surface area contributed by atoms with E-state index in [1.165, 1.54) is 7.11 Å². The van der Waals surface area contributed by atoms with Crippen molar-refractivity contribution >= 4 is 17.6 Å². The van der Waals surface area contributed by atoms with Crippen molar-refractivity contribution in [1.82, 2.24) is 5.32 Å². The Morgan fingerprint density at radius 1 is 1.38 bits per heavy atom. The molecule has 1 aromatic rings. The van der Waals surface area contributed by atoms with Crippen molar-refractivity contribution in [1.29, 1.82) is 0 Å². The van der Waals surface area contributed by atoms with Gasteiger partial charge >= 0.3 is 5.97 Å². The zero-order valence-electron chi connectivity index (χ0n) is 12.8. The minimum atomic E-state index is -0.411. The van der Waals surface area contributed by atoms with Gasteiger partial charge in [-0.05, 0) is 50.9 Å². The van der Waals surface area contributed by atoms with Crippen molar-refractivity contribution in [2.75, 3.05) is 25.5 Å². The van der Waals surface area contributed by atoms with E-state index >= 15 is 0 Å². The van der Waals surface area contributed by atoms with Crippen molar-refractivity contribution in [2.45, 2.75) is 26.7 Å². The molecule has 1 heterocycles. The number of esters is 1. The minimum Gasteiger partial charge on any atom is -0.465 e. The first-order valence-electron chi connectivity index (χ1n) is 7.18. The molecule has 0 bridgehead atoms. The fourth-order valence-corrected chi connectivity index (χ4v) is 2.63. The summed E-state index contributed by atoms with van der Waals surface area (Å²) in [5.41, 5.74) is 1.45. The molecule has 1 aliphatic rings. The first kappa shape index (κ1) is 15.5. The summed E-state index contributed by atoms with van der Waals surface area (Å²) in [4.78, 5) is 24.2. The van der Waals surface area contributed by atoms with Gasteiger partial charge < -0.3 is 15.4 Å². The van der Waals surface area contributed by atoms with Crippen molar-refractivity contribution < 1.29 is 14.3 Å². The third-order valence-corrected chi connectivity index (χ3v) is 4.13. The molecule has 1 unspecified atom stereocenters. The van der Waals surface area contributed by atoms with Crippen molar-refractivity contribution in [3.8, 4) is 0 Å². The number of piperidine rings is 1. The molecule has 0 aromatic heterocycles. The van der Waals surface area contributed by atoms with Gasteiger partial charge in [-0.2, -0.15) is 0 Å². The lowest BCUT2D eigenvalue weighted by Gasteiger charge is -2.32. The Bertz CT molecular complexity index is 548. The van der Waals surface area contributed by atoms with Gasteiger partial charge in [0.2, 0.25) is 5.91 Å². The Morgan fingerprint density at radius 2 is 2.14 bits per heavy atom. The second kappa shape index (κ2) is 6.26. The third-order valence-electron chi connectivity index (χ3n) is 4.13. The van der Waals surface area contributed by atoms with Gasteiger partial charge in [0, 0.05) is 12.2 Å². The van der Waals surface area contributed by atoms with E-state index in [1.54, 1.807) is 18.2 Å². The number of carbonyl (C=O) groups is 2. The van der Waals surface area contributed by atoms with Crippen molar-refractivity contribution in [2.24, 2.45) is 5.41 Å². The number of carbonyl (C=O) groups excluding carboxylic acids is 2. The van der Waals surface area contributed by atoms with Crippen LogP contribution in [-0.4, -0.2) is 32.1 Å². The third kappa shape index (κ3) is 3.24. The quantitative estimate of drug-likeness (QED) is 0.837. The van der Waals surface area contributed by atoms with Gasteiger partial charge in [-0.3, -0.25) is 4.79 Å². The van der Waals surface area contributed by atoms with Crippen LogP contribution in [0.1, 0.15) is 35.7 Å².